The number of thioether (sulfide) groups is 1. The smallest absolute Gasteiger partial charge is 0.239 e. The van der Waals surface area contributed by atoms with Gasteiger partial charge >= 0.3 is 0 Å². The molecule has 0 radical (unpaired) electrons. The van der Waals surface area contributed by atoms with Crippen LogP contribution in [-0.2, 0) is 34.6 Å². The Morgan fingerprint density at radius 3 is 2.79 bits per heavy atom. The third-order valence-electron chi connectivity index (χ3n) is 5.07. The number of halogens is 1. The number of nitrogens with zero attached hydrogens (tertiary/aromatic N) is 5. The summed E-state index contributed by atoms with van der Waals surface area (Å²) >= 11 is 13.7. The fourth-order valence-electron chi connectivity index (χ4n) is 3.58. The summed E-state index contributed by atoms with van der Waals surface area (Å²) < 4.78 is 3.16. The first-order valence-electron chi connectivity index (χ1n) is 10.1. The minimum Gasteiger partial charge on any atom is -0.335 e. The Labute approximate surface area is 207 Å². The molecule has 4 rings (SSSR count). The van der Waals surface area contributed by atoms with Crippen molar-refractivity contribution in [1.82, 2.24) is 29.7 Å². The number of aromatic nitrogens is 6. The monoisotopic (exact) mass is 527 g/mol. The predicted octanol–water partition coefficient (Wildman–Crippen LogP) is 2.34. The van der Waals surface area contributed by atoms with Crippen LogP contribution in [-0.4, -0.2) is 47.4 Å². The fourth-order valence-corrected chi connectivity index (χ4v) is 5.97. The second-order valence-electron chi connectivity index (χ2n) is 7.38. The van der Waals surface area contributed by atoms with Crippen molar-refractivity contribution in [1.29, 1.82) is 0 Å². The lowest BCUT2D eigenvalue weighted by Crippen LogP contribution is -2.23. The van der Waals surface area contributed by atoms with Gasteiger partial charge in [-0.3, -0.25) is 20.1 Å². The molecule has 0 spiro atoms. The summed E-state index contributed by atoms with van der Waals surface area (Å²) in [5.74, 6) is 6.67. The van der Waals surface area contributed by atoms with Gasteiger partial charge < -0.3 is 11.2 Å². The van der Waals surface area contributed by atoms with Gasteiger partial charge in [-0.25, -0.2) is 9.35 Å². The summed E-state index contributed by atoms with van der Waals surface area (Å²) in [6.45, 7) is 1.42. The molecule has 0 saturated carbocycles. The number of anilines is 1. The molecular formula is C18H22ClN9O2S3. The van der Waals surface area contributed by atoms with Crippen molar-refractivity contribution >= 4 is 63.7 Å². The second-order valence-corrected chi connectivity index (χ2v) is 10.1. The maximum Gasteiger partial charge on any atom is 0.239 e. The number of nitrogens with two attached hydrogens (primary N) is 1. The number of alkyl halides is 1. The van der Waals surface area contributed by atoms with Crippen LogP contribution >= 0.6 is 46.9 Å². The number of H-pyrrole nitrogens is 1. The van der Waals surface area contributed by atoms with Gasteiger partial charge in [-0.05, 0) is 49.0 Å². The summed E-state index contributed by atoms with van der Waals surface area (Å²) in [6.07, 6.45) is 4.53. The minimum atomic E-state index is -0.262. The van der Waals surface area contributed by atoms with E-state index in [2.05, 4.69) is 31.1 Å². The van der Waals surface area contributed by atoms with E-state index >= 15 is 0 Å². The van der Waals surface area contributed by atoms with Crippen LogP contribution in [0.15, 0.2) is 5.16 Å². The molecule has 15 heteroatoms. The number of thiophene rings is 1. The molecule has 5 N–H and O–H groups in total. The van der Waals surface area contributed by atoms with Crippen LogP contribution in [0, 0.1) is 4.77 Å². The molecule has 3 aromatic heterocycles. The lowest BCUT2D eigenvalue weighted by Gasteiger charge is -2.14. The minimum absolute atomic E-state index is 0.120. The highest BCUT2D eigenvalue weighted by Crippen LogP contribution is 2.39. The Hall–Kier alpha value is -2.42. The molecule has 0 aliphatic heterocycles. The first-order valence-corrected chi connectivity index (χ1v) is 12.9. The van der Waals surface area contributed by atoms with Gasteiger partial charge in [-0.2, -0.15) is 5.10 Å². The number of aryl methyl sites for hydroxylation is 1. The fraction of sp³-hybridized carbons (Fsp3) is 0.444. The lowest BCUT2D eigenvalue weighted by molar-refractivity contribution is -0.115. The summed E-state index contributed by atoms with van der Waals surface area (Å²) in [5.41, 5.74) is 5.01. The molecule has 11 nitrogen and oxygen atoms in total. The van der Waals surface area contributed by atoms with E-state index in [1.165, 1.54) is 33.8 Å². The van der Waals surface area contributed by atoms with Crippen molar-refractivity contribution in [3.8, 4) is 0 Å². The van der Waals surface area contributed by atoms with Gasteiger partial charge in [0.05, 0.1) is 10.8 Å². The summed E-state index contributed by atoms with van der Waals surface area (Å²) in [7, 11) is 0. The van der Waals surface area contributed by atoms with Crippen molar-refractivity contribution < 1.29 is 9.59 Å². The zero-order valence-corrected chi connectivity index (χ0v) is 20.9. The largest absolute Gasteiger partial charge is 0.335 e. The second kappa shape index (κ2) is 10.2. The van der Waals surface area contributed by atoms with E-state index in [-0.39, 0.29) is 17.7 Å². The number of fused-ring (bicyclic) bond motifs is 1. The summed E-state index contributed by atoms with van der Waals surface area (Å²) in [6, 6.07) is 0. The summed E-state index contributed by atoms with van der Waals surface area (Å²) in [5, 5.41) is 19.5. The maximum absolute atomic E-state index is 12.0. The Morgan fingerprint density at radius 2 is 2.09 bits per heavy atom. The molecule has 3 heterocycles. The number of nitrogens with one attached hydrogen (secondary N) is 3. The van der Waals surface area contributed by atoms with Crippen LogP contribution in [0.1, 0.15) is 47.4 Å². The standard InChI is InChI=1S/C18H22ClN9O2S3/c1-9(29)26-28-13(22-25-18(28)32-8-14-23-24-17(31)27(14)20)6-11-10-4-2-3-5-12(10)33-16(11)21-15(30)7-19/h2-8,20H2,1H3,(H,21,30)(H,24,31)(H,26,29). The third-order valence-corrected chi connectivity index (χ3v) is 7.77. The molecule has 1 aliphatic rings. The third kappa shape index (κ3) is 5.23. The van der Waals surface area contributed by atoms with Crippen molar-refractivity contribution in [2.45, 2.75) is 49.9 Å². The Kier molecular flexibility index (Phi) is 7.36. The van der Waals surface area contributed by atoms with Gasteiger partial charge in [0.25, 0.3) is 0 Å². The highest BCUT2D eigenvalue weighted by molar-refractivity contribution is 7.98. The van der Waals surface area contributed by atoms with Crippen LogP contribution in [0.25, 0.3) is 0 Å². The zero-order chi connectivity index (χ0) is 23.5. The number of nitrogen functional groups attached to an aromatic ring is 1. The average Bonchev–Trinajstić information content (AvgIpc) is 3.44. The highest BCUT2D eigenvalue weighted by atomic mass is 35.5. The molecule has 0 saturated heterocycles. The Morgan fingerprint density at radius 1 is 1.30 bits per heavy atom. The molecule has 1 aliphatic carbocycles. The van der Waals surface area contributed by atoms with E-state index in [4.69, 9.17) is 29.7 Å². The van der Waals surface area contributed by atoms with Crippen molar-refractivity contribution in [3.63, 3.8) is 0 Å². The molecule has 0 fully saturated rings. The Balaban J connectivity index is 1.64. The van der Waals surface area contributed by atoms with Crippen molar-refractivity contribution in [3.05, 3.63) is 32.4 Å². The van der Waals surface area contributed by atoms with Gasteiger partial charge in [0.15, 0.2) is 11.6 Å². The van der Waals surface area contributed by atoms with E-state index in [0.717, 1.165) is 36.2 Å². The van der Waals surface area contributed by atoms with Crippen LogP contribution < -0.4 is 16.6 Å². The highest BCUT2D eigenvalue weighted by Gasteiger charge is 2.25. The molecule has 2 amide bonds. The Bertz CT molecular complexity index is 1250. The van der Waals surface area contributed by atoms with Gasteiger partial charge in [0.2, 0.25) is 21.7 Å². The van der Waals surface area contributed by atoms with E-state index in [9.17, 15) is 9.59 Å². The van der Waals surface area contributed by atoms with Crippen molar-refractivity contribution in [2.24, 2.45) is 0 Å². The number of hydrogen-bond donors (Lipinski definition) is 4. The van der Waals surface area contributed by atoms with Gasteiger partial charge in [-0.15, -0.1) is 33.1 Å². The normalized spacial score (nSPS) is 13.0. The topological polar surface area (TPSA) is 149 Å². The first kappa shape index (κ1) is 23.7. The number of carbonyl (C=O) groups is 2. The quantitative estimate of drug-likeness (QED) is 0.151. The van der Waals surface area contributed by atoms with Crippen LogP contribution in [0.2, 0.25) is 0 Å². The van der Waals surface area contributed by atoms with E-state index in [0.29, 0.717) is 33.7 Å². The number of hydrogen-bond acceptors (Lipinski definition) is 9. The van der Waals surface area contributed by atoms with Gasteiger partial charge in [0.1, 0.15) is 5.88 Å². The predicted molar refractivity (Wildman–Crippen MR) is 130 cm³/mol. The zero-order valence-electron chi connectivity index (χ0n) is 17.7. The summed E-state index contributed by atoms with van der Waals surface area (Å²) in [4.78, 5) is 25.2. The molecule has 33 heavy (non-hydrogen) atoms. The number of rotatable bonds is 8. The molecule has 0 unspecified atom stereocenters. The molecule has 176 valence electrons. The average molecular weight is 528 g/mol. The molecule has 3 aromatic rings. The lowest BCUT2D eigenvalue weighted by atomic mass is 9.94. The van der Waals surface area contributed by atoms with E-state index < -0.39 is 0 Å². The van der Waals surface area contributed by atoms with Gasteiger partial charge in [-0.1, -0.05) is 11.8 Å². The van der Waals surface area contributed by atoms with Crippen LogP contribution in [0.3, 0.4) is 0 Å². The number of amides is 2. The number of aromatic amines is 1. The molecule has 0 atom stereocenters. The van der Waals surface area contributed by atoms with Gasteiger partial charge in [0, 0.05) is 18.2 Å². The van der Waals surface area contributed by atoms with E-state index in [1.54, 1.807) is 16.0 Å². The SMILES string of the molecule is CC(=O)Nn1c(Cc2c(NC(=O)CCl)sc3c2CCCC3)nnc1SCc1n[nH]c(=S)n1N. The number of carbonyl (C=O) groups excluding carboxylic acids is 2. The first-order chi connectivity index (χ1) is 15.9. The van der Waals surface area contributed by atoms with Crippen molar-refractivity contribution in [2.75, 3.05) is 22.5 Å². The van der Waals surface area contributed by atoms with Crippen LogP contribution in [0.5, 0.6) is 0 Å². The molecule has 0 bridgehead atoms. The van der Waals surface area contributed by atoms with Crippen LogP contribution in [0.4, 0.5) is 5.00 Å². The molecule has 0 aromatic carbocycles. The molecular weight excluding hydrogens is 506 g/mol. The van der Waals surface area contributed by atoms with E-state index in [1.807, 2.05) is 0 Å². The maximum atomic E-state index is 12.0.